The highest BCUT2D eigenvalue weighted by Gasteiger charge is 2.23. The fourth-order valence-corrected chi connectivity index (χ4v) is 3.46. The van der Waals surface area contributed by atoms with Crippen LogP contribution < -0.4 is 10.5 Å². The van der Waals surface area contributed by atoms with E-state index in [0.717, 1.165) is 12.0 Å². The first-order valence-electron chi connectivity index (χ1n) is 5.32. The van der Waals surface area contributed by atoms with Crippen LogP contribution in [-0.2, 0) is 16.3 Å². The lowest BCUT2D eigenvalue weighted by atomic mass is 10.1. The quantitative estimate of drug-likeness (QED) is 0.847. The van der Waals surface area contributed by atoms with Gasteiger partial charge >= 0.3 is 0 Å². The zero-order valence-electron chi connectivity index (χ0n) is 8.98. The number of ether oxygens (including phenoxy) is 1. The number of sulfone groups is 1. The van der Waals surface area contributed by atoms with Crippen molar-refractivity contribution in [2.75, 3.05) is 18.9 Å². The fourth-order valence-electron chi connectivity index (χ4n) is 1.88. The van der Waals surface area contributed by atoms with Crippen molar-refractivity contribution in [2.45, 2.75) is 17.7 Å². The van der Waals surface area contributed by atoms with Crippen LogP contribution in [0.2, 0.25) is 0 Å². The normalized spacial score (nSPS) is 17.8. The third-order valence-electron chi connectivity index (χ3n) is 2.61. The molecule has 88 valence electrons. The van der Waals surface area contributed by atoms with Gasteiger partial charge in [-0.05, 0) is 36.6 Å². The Bertz CT molecular complexity index is 482. The summed E-state index contributed by atoms with van der Waals surface area (Å²) in [6.45, 7) is 0.904. The molecule has 1 aromatic rings. The van der Waals surface area contributed by atoms with Gasteiger partial charge in [0, 0.05) is 6.54 Å². The number of benzene rings is 1. The van der Waals surface area contributed by atoms with Crippen LogP contribution in [0.5, 0.6) is 5.75 Å². The Kier molecular flexibility index (Phi) is 3.16. The highest BCUT2D eigenvalue weighted by Crippen LogP contribution is 2.28. The highest BCUT2D eigenvalue weighted by molar-refractivity contribution is 7.91. The van der Waals surface area contributed by atoms with Crippen LogP contribution in [0.4, 0.5) is 0 Å². The van der Waals surface area contributed by atoms with Crippen LogP contribution in [0, 0.1) is 0 Å². The molecule has 5 heteroatoms. The van der Waals surface area contributed by atoms with Crippen LogP contribution in [0.3, 0.4) is 0 Å². The van der Waals surface area contributed by atoms with E-state index < -0.39 is 9.84 Å². The number of hydrogen-bond acceptors (Lipinski definition) is 4. The SMILES string of the molecule is NCCOc1ccc2c(c1)CCCS2(=O)=O. The van der Waals surface area contributed by atoms with Crippen molar-refractivity contribution >= 4 is 9.84 Å². The van der Waals surface area contributed by atoms with Crippen molar-refractivity contribution in [2.24, 2.45) is 5.73 Å². The van der Waals surface area contributed by atoms with Crippen LogP contribution >= 0.6 is 0 Å². The van der Waals surface area contributed by atoms with E-state index in [4.69, 9.17) is 10.5 Å². The summed E-state index contributed by atoms with van der Waals surface area (Å²) >= 11 is 0. The van der Waals surface area contributed by atoms with Gasteiger partial charge in [-0.2, -0.15) is 0 Å². The molecule has 0 unspecified atom stereocenters. The van der Waals surface area contributed by atoms with Crippen molar-refractivity contribution in [1.29, 1.82) is 0 Å². The van der Waals surface area contributed by atoms with Gasteiger partial charge in [-0.25, -0.2) is 8.42 Å². The molecular formula is C11H15NO3S. The molecule has 0 saturated heterocycles. The Morgan fingerprint density at radius 1 is 1.38 bits per heavy atom. The summed E-state index contributed by atoms with van der Waals surface area (Å²) in [5, 5.41) is 0. The first-order chi connectivity index (χ1) is 7.63. The summed E-state index contributed by atoms with van der Waals surface area (Å²) < 4.78 is 28.8. The maximum Gasteiger partial charge on any atom is 0.178 e. The maximum absolute atomic E-state index is 11.7. The zero-order chi connectivity index (χ0) is 11.6. The molecule has 1 aliphatic heterocycles. The number of aryl methyl sites for hydroxylation is 1. The Labute approximate surface area is 95.3 Å². The molecule has 0 saturated carbocycles. The van der Waals surface area contributed by atoms with Crippen LogP contribution in [0.1, 0.15) is 12.0 Å². The van der Waals surface area contributed by atoms with Crippen molar-refractivity contribution in [3.63, 3.8) is 0 Å². The lowest BCUT2D eigenvalue weighted by Crippen LogP contribution is -2.16. The molecule has 4 nitrogen and oxygen atoms in total. The van der Waals surface area contributed by atoms with Gasteiger partial charge in [-0.15, -0.1) is 0 Å². The summed E-state index contributed by atoms with van der Waals surface area (Å²) in [6, 6.07) is 5.13. The van der Waals surface area contributed by atoms with Gasteiger partial charge in [-0.1, -0.05) is 0 Å². The van der Waals surface area contributed by atoms with Gasteiger partial charge in [-0.3, -0.25) is 0 Å². The monoisotopic (exact) mass is 241 g/mol. The van der Waals surface area contributed by atoms with Crippen molar-refractivity contribution in [3.05, 3.63) is 23.8 Å². The van der Waals surface area contributed by atoms with E-state index in [9.17, 15) is 8.42 Å². The number of hydrogen-bond donors (Lipinski definition) is 1. The van der Waals surface area contributed by atoms with Crippen LogP contribution in [-0.4, -0.2) is 27.3 Å². The lowest BCUT2D eigenvalue weighted by Gasteiger charge is -2.17. The number of rotatable bonds is 3. The Morgan fingerprint density at radius 3 is 2.94 bits per heavy atom. The summed E-state index contributed by atoms with van der Waals surface area (Å²) in [5.74, 6) is 0.949. The molecule has 1 aromatic carbocycles. The molecular weight excluding hydrogens is 226 g/mol. The van der Waals surface area contributed by atoms with E-state index >= 15 is 0 Å². The third kappa shape index (κ3) is 2.20. The molecule has 0 aromatic heterocycles. The van der Waals surface area contributed by atoms with Gasteiger partial charge in [0.15, 0.2) is 9.84 Å². The molecule has 0 aliphatic carbocycles. The average Bonchev–Trinajstić information content (AvgIpc) is 2.25. The van der Waals surface area contributed by atoms with Crippen LogP contribution in [0.15, 0.2) is 23.1 Å². The van der Waals surface area contributed by atoms with Crippen LogP contribution in [0.25, 0.3) is 0 Å². The van der Waals surface area contributed by atoms with Gasteiger partial charge in [0.05, 0.1) is 10.6 Å². The van der Waals surface area contributed by atoms with Gasteiger partial charge in [0.25, 0.3) is 0 Å². The molecule has 0 fully saturated rings. The van der Waals surface area contributed by atoms with E-state index in [1.165, 1.54) is 0 Å². The molecule has 0 atom stereocenters. The second-order valence-corrected chi connectivity index (χ2v) is 5.91. The fraction of sp³-hybridized carbons (Fsp3) is 0.455. The van der Waals surface area contributed by atoms with E-state index in [1.54, 1.807) is 12.1 Å². The minimum absolute atomic E-state index is 0.253. The smallest absolute Gasteiger partial charge is 0.178 e. The lowest BCUT2D eigenvalue weighted by molar-refractivity contribution is 0.327. The Hall–Kier alpha value is -1.07. The third-order valence-corrected chi connectivity index (χ3v) is 4.51. The van der Waals surface area contributed by atoms with Crippen molar-refractivity contribution in [3.8, 4) is 5.75 Å². The first-order valence-corrected chi connectivity index (χ1v) is 6.97. The second kappa shape index (κ2) is 4.43. The average molecular weight is 241 g/mol. The van der Waals surface area contributed by atoms with Gasteiger partial charge < -0.3 is 10.5 Å². The molecule has 1 aliphatic rings. The molecule has 0 spiro atoms. The summed E-state index contributed by atoms with van der Waals surface area (Å²) in [6.07, 6.45) is 1.49. The maximum atomic E-state index is 11.7. The Balaban J connectivity index is 2.32. The molecule has 2 rings (SSSR count). The second-order valence-electron chi connectivity index (χ2n) is 3.83. The molecule has 1 heterocycles. The molecule has 16 heavy (non-hydrogen) atoms. The first kappa shape index (κ1) is 11.4. The van der Waals surface area contributed by atoms with Crippen molar-refractivity contribution < 1.29 is 13.2 Å². The highest BCUT2D eigenvalue weighted by atomic mass is 32.2. The molecule has 0 radical (unpaired) electrons. The number of fused-ring (bicyclic) bond motifs is 1. The zero-order valence-corrected chi connectivity index (χ0v) is 9.79. The molecule has 0 amide bonds. The summed E-state index contributed by atoms with van der Waals surface area (Å²) in [5.41, 5.74) is 6.20. The molecule has 2 N–H and O–H groups in total. The van der Waals surface area contributed by atoms with Gasteiger partial charge in [0.2, 0.25) is 0 Å². The van der Waals surface area contributed by atoms with E-state index in [1.807, 2.05) is 6.07 Å². The van der Waals surface area contributed by atoms with E-state index in [0.29, 0.717) is 30.2 Å². The van der Waals surface area contributed by atoms with E-state index in [2.05, 4.69) is 0 Å². The topological polar surface area (TPSA) is 69.4 Å². The number of nitrogens with two attached hydrogens (primary N) is 1. The largest absolute Gasteiger partial charge is 0.492 e. The van der Waals surface area contributed by atoms with E-state index in [-0.39, 0.29) is 5.75 Å². The minimum atomic E-state index is -3.06. The van der Waals surface area contributed by atoms with Gasteiger partial charge in [0.1, 0.15) is 12.4 Å². The molecule has 0 bridgehead atoms. The minimum Gasteiger partial charge on any atom is -0.492 e. The van der Waals surface area contributed by atoms with Crippen molar-refractivity contribution in [1.82, 2.24) is 0 Å². The standard InChI is InChI=1S/C11H15NO3S/c12-5-6-15-10-3-4-11-9(8-10)2-1-7-16(11,13)14/h3-4,8H,1-2,5-7,12H2. The predicted molar refractivity (Wildman–Crippen MR) is 61.4 cm³/mol. The summed E-state index contributed by atoms with van der Waals surface area (Å²) in [4.78, 5) is 0.457. The Morgan fingerprint density at radius 2 is 2.19 bits per heavy atom. The summed E-state index contributed by atoms with van der Waals surface area (Å²) in [7, 11) is -3.06. The predicted octanol–water partition coefficient (Wildman–Crippen LogP) is 0.744.